The van der Waals surface area contributed by atoms with E-state index in [0.717, 1.165) is 43.5 Å². The van der Waals surface area contributed by atoms with E-state index in [4.69, 9.17) is 4.74 Å². The Bertz CT molecular complexity index is 806. The van der Waals surface area contributed by atoms with Crippen molar-refractivity contribution in [1.82, 2.24) is 15.5 Å². The summed E-state index contributed by atoms with van der Waals surface area (Å²) in [6.07, 6.45) is 0. The van der Waals surface area contributed by atoms with Gasteiger partial charge in [-0.3, -0.25) is 9.79 Å². The molecular formula is C22H30IN5O2. The maximum Gasteiger partial charge on any atom is 0.239 e. The Hall–Kier alpha value is -2.49. The third-order valence-corrected chi connectivity index (χ3v) is 4.97. The number of rotatable bonds is 6. The number of halogens is 1. The largest absolute Gasteiger partial charge is 0.497 e. The molecule has 0 aromatic heterocycles. The van der Waals surface area contributed by atoms with Crippen LogP contribution in [0.15, 0.2) is 59.6 Å². The van der Waals surface area contributed by atoms with Crippen LogP contribution < -0.4 is 20.3 Å². The van der Waals surface area contributed by atoms with Crippen molar-refractivity contribution in [3.63, 3.8) is 0 Å². The van der Waals surface area contributed by atoms with Gasteiger partial charge in [-0.25, -0.2) is 0 Å². The highest BCUT2D eigenvalue weighted by molar-refractivity contribution is 14.0. The van der Waals surface area contributed by atoms with Crippen molar-refractivity contribution in [1.29, 1.82) is 0 Å². The molecule has 7 nitrogen and oxygen atoms in total. The molecule has 2 N–H and O–H groups in total. The average Bonchev–Trinajstić information content (AvgIpc) is 2.79. The van der Waals surface area contributed by atoms with Crippen LogP contribution in [0.3, 0.4) is 0 Å². The van der Waals surface area contributed by atoms with Gasteiger partial charge in [-0.2, -0.15) is 0 Å². The Morgan fingerprint density at radius 1 is 1.00 bits per heavy atom. The number of carbonyl (C=O) groups is 1. The van der Waals surface area contributed by atoms with E-state index in [1.54, 1.807) is 14.2 Å². The second kappa shape index (κ2) is 12.3. The predicted octanol–water partition coefficient (Wildman–Crippen LogP) is 2.33. The summed E-state index contributed by atoms with van der Waals surface area (Å²) >= 11 is 0. The molecular weight excluding hydrogens is 493 g/mol. The molecule has 0 spiro atoms. The standard InChI is InChI=1S/C22H29N5O2.HI/c1-23-22(25-17-21(28)24-16-18-6-4-3-5-7-18)27-14-12-26(13-15-27)19-8-10-20(29-2)11-9-19;/h3-11H,12-17H2,1-2H3,(H,23,25)(H,24,28);1H. The lowest BCUT2D eigenvalue weighted by Gasteiger charge is -2.37. The Morgan fingerprint density at radius 2 is 1.67 bits per heavy atom. The molecule has 1 fully saturated rings. The van der Waals surface area contributed by atoms with Gasteiger partial charge in [0.25, 0.3) is 0 Å². The van der Waals surface area contributed by atoms with E-state index in [2.05, 4.69) is 37.6 Å². The Labute approximate surface area is 195 Å². The minimum absolute atomic E-state index is 0. The third-order valence-electron chi connectivity index (χ3n) is 4.97. The number of nitrogens with zero attached hydrogens (tertiary/aromatic N) is 3. The maximum atomic E-state index is 12.1. The third kappa shape index (κ3) is 6.79. The molecule has 0 saturated carbocycles. The second-order valence-corrected chi connectivity index (χ2v) is 6.84. The van der Waals surface area contributed by atoms with Crippen LogP contribution in [-0.4, -0.2) is 63.6 Å². The van der Waals surface area contributed by atoms with Gasteiger partial charge in [-0.1, -0.05) is 30.3 Å². The van der Waals surface area contributed by atoms with E-state index in [1.165, 1.54) is 5.69 Å². The molecule has 1 heterocycles. The normalized spacial score (nSPS) is 14.0. The lowest BCUT2D eigenvalue weighted by Crippen LogP contribution is -2.53. The molecule has 0 radical (unpaired) electrons. The number of amides is 1. The van der Waals surface area contributed by atoms with Crippen LogP contribution in [0.4, 0.5) is 5.69 Å². The van der Waals surface area contributed by atoms with Crippen LogP contribution in [0.25, 0.3) is 0 Å². The summed E-state index contributed by atoms with van der Waals surface area (Å²) in [5.41, 5.74) is 2.27. The first-order valence-electron chi connectivity index (χ1n) is 9.85. The van der Waals surface area contributed by atoms with Crippen LogP contribution in [0.2, 0.25) is 0 Å². The zero-order valence-corrected chi connectivity index (χ0v) is 19.8. The highest BCUT2D eigenvalue weighted by Crippen LogP contribution is 2.20. The van der Waals surface area contributed by atoms with Gasteiger partial charge in [-0.15, -0.1) is 24.0 Å². The topological polar surface area (TPSA) is 69.2 Å². The van der Waals surface area contributed by atoms with Gasteiger partial charge in [-0.05, 0) is 29.8 Å². The first kappa shape index (κ1) is 23.8. The van der Waals surface area contributed by atoms with E-state index >= 15 is 0 Å². The van der Waals surface area contributed by atoms with E-state index in [9.17, 15) is 4.79 Å². The van der Waals surface area contributed by atoms with Gasteiger partial charge in [0.2, 0.25) is 5.91 Å². The highest BCUT2D eigenvalue weighted by Gasteiger charge is 2.20. The van der Waals surface area contributed by atoms with Crippen molar-refractivity contribution in [2.75, 3.05) is 51.8 Å². The number of piperazine rings is 1. The van der Waals surface area contributed by atoms with Gasteiger partial charge in [0.05, 0.1) is 13.7 Å². The molecule has 8 heteroatoms. The Morgan fingerprint density at radius 3 is 2.27 bits per heavy atom. The van der Waals surface area contributed by atoms with Crippen molar-refractivity contribution in [2.24, 2.45) is 4.99 Å². The number of methoxy groups -OCH3 is 1. The van der Waals surface area contributed by atoms with Crippen LogP contribution in [0.5, 0.6) is 5.75 Å². The van der Waals surface area contributed by atoms with Crippen molar-refractivity contribution in [3.05, 3.63) is 60.2 Å². The molecule has 0 aliphatic carbocycles. The average molecular weight is 523 g/mol. The number of ether oxygens (including phenoxy) is 1. The van der Waals surface area contributed by atoms with Gasteiger partial charge in [0.15, 0.2) is 5.96 Å². The van der Waals surface area contributed by atoms with Gasteiger partial charge in [0.1, 0.15) is 5.75 Å². The number of anilines is 1. The first-order chi connectivity index (χ1) is 14.2. The minimum Gasteiger partial charge on any atom is -0.497 e. The summed E-state index contributed by atoms with van der Waals surface area (Å²) in [7, 11) is 3.42. The van der Waals surface area contributed by atoms with Crippen molar-refractivity contribution in [2.45, 2.75) is 6.54 Å². The lowest BCUT2D eigenvalue weighted by atomic mass is 10.2. The van der Waals surface area contributed by atoms with Crippen LogP contribution >= 0.6 is 24.0 Å². The van der Waals surface area contributed by atoms with Gasteiger partial charge < -0.3 is 25.2 Å². The zero-order chi connectivity index (χ0) is 20.5. The summed E-state index contributed by atoms with van der Waals surface area (Å²) < 4.78 is 5.22. The summed E-state index contributed by atoms with van der Waals surface area (Å²) in [4.78, 5) is 21.0. The molecule has 2 aromatic rings. The quantitative estimate of drug-likeness (QED) is 0.346. The number of guanidine groups is 1. The summed E-state index contributed by atoms with van der Waals surface area (Å²) in [5.74, 6) is 1.57. The molecule has 1 amide bonds. The number of hydrogen-bond donors (Lipinski definition) is 2. The number of carbonyl (C=O) groups excluding carboxylic acids is 1. The summed E-state index contributed by atoms with van der Waals surface area (Å²) in [6, 6.07) is 18.0. The molecule has 3 rings (SSSR count). The molecule has 1 saturated heterocycles. The van der Waals surface area contributed by atoms with E-state index in [-0.39, 0.29) is 36.4 Å². The molecule has 0 unspecified atom stereocenters. The smallest absolute Gasteiger partial charge is 0.239 e. The van der Waals surface area contributed by atoms with Crippen LogP contribution in [0, 0.1) is 0 Å². The summed E-state index contributed by atoms with van der Waals surface area (Å²) in [6.45, 7) is 4.22. The second-order valence-electron chi connectivity index (χ2n) is 6.84. The molecule has 1 aliphatic rings. The number of hydrogen-bond acceptors (Lipinski definition) is 4. The van der Waals surface area contributed by atoms with E-state index < -0.39 is 0 Å². The fourth-order valence-electron chi connectivity index (χ4n) is 3.32. The Balaban J connectivity index is 0.00000320. The minimum atomic E-state index is -0.0492. The number of benzene rings is 2. The predicted molar refractivity (Wildman–Crippen MR) is 132 cm³/mol. The molecule has 1 aliphatic heterocycles. The maximum absolute atomic E-state index is 12.1. The molecule has 0 bridgehead atoms. The zero-order valence-electron chi connectivity index (χ0n) is 17.5. The number of aliphatic imine (C=N–C) groups is 1. The number of nitrogens with one attached hydrogen (secondary N) is 2. The van der Waals surface area contributed by atoms with Crippen molar-refractivity contribution in [3.8, 4) is 5.75 Å². The van der Waals surface area contributed by atoms with Crippen molar-refractivity contribution < 1.29 is 9.53 Å². The summed E-state index contributed by atoms with van der Waals surface area (Å²) in [5, 5.41) is 6.10. The first-order valence-corrected chi connectivity index (χ1v) is 9.85. The van der Waals surface area contributed by atoms with Gasteiger partial charge in [0, 0.05) is 45.5 Å². The molecule has 2 aromatic carbocycles. The SMILES string of the molecule is CN=C(NCC(=O)NCc1ccccc1)N1CCN(c2ccc(OC)cc2)CC1.I. The van der Waals surface area contributed by atoms with Crippen LogP contribution in [-0.2, 0) is 11.3 Å². The monoisotopic (exact) mass is 523 g/mol. The van der Waals surface area contributed by atoms with Crippen LogP contribution in [0.1, 0.15) is 5.56 Å². The lowest BCUT2D eigenvalue weighted by molar-refractivity contribution is -0.120. The fraction of sp³-hybridized carbons (Fsp3) is 0.364. The molecule has 30 heavy (non-hydrogen) atoms. The molecule has 0 atom stereocenters. The van der Waals surface area contributed by atoms with E-state index in [0.29, 0.717) is 6.54 Å². The van der Waals surface area contributed by atoms with Crippen molar-refractivity contribution >= 4 is 41.5 Å². The van der Waals surface area contributed by atoms with E-state index in [1.807, 2.05) is 42.5 Å². The van der Waals surface area contributed by atoms with Gasteiger partial charge >= 0.3 is 0 Å². The molecule has 162 valence electrons. The fourth-order valence-corrected chi connectivity index (χ4v) is 3.32. The Kier molecular flexibility index (Phi) is 9.72. The highest BCUT2D eigenvalue weighted by atomic mass is 127.